The minimum absolute atomic E-state index is 0.632. The second-order valence-corrected chi connectivity index (χ2v) is 4.97. The van der Waals surface area contributed by atoms with Crippen molar-refractivity contribution in [3.8, 4) is 0 Å². The maximum absolute atomic E-state index is 6.24. The van der Waals surface area contributed by atoms with Gasteiger partial charge in [-0.25, -0.2) is 4.98 Å². The predicted octanol–water partition coefficient (Wildman–Crippen LogP) is 3.73. The van der Waals surface area contributed by atoms with Gasteiger partial charge in [-0.05, 0) is 12.1 Å². The smallest absolute Gasteiger partial charge is 0.129 e. The molecule has 2 heterocycles. The fraction of sp³-hybridized carbons (Fsp3) is 0.154. The highest BCUT2D eigenvalue weighted by Gasteiger charge is 2.09. The van der Waals surface area contributed by atoms with Gasteiger partial charge < -0.3 is 9.13 Å². The van der Waals surface area contributed by atoms with E-state index >= 15 is 0 Å². The Morgan fingerprint density at radius 2 is 2.06 bits per heavy atom. The van der Waals surface area contributed by atoms with Gasteiger partial charge in [0, 0.05) is 18.6 Å². The maximum atomic E-state index is 6.24. The van der Waals surface area contributed by atoms with E-state index in [0.717, 1.165) is 21.7 Å². The lowest BCUT2D eigenvalue weighted by molar-refractivity contribution is 0.718. The standard InChI is InChI=1S/C13H11Cl2N3/c1-17-11(15)7-16-12(17)8-18-6-5-9-3-2-4-10(14)13(9)18/h2-7H,8H2,1H3. The molecule has 0 bridgehead atoms. The second-order valence-electron chi connectivity index (χ2n) is 4.18. The molecule has 0 aliphatic carbocycles. The monoisotopic (exact) mass is 279 g/mol. The number of hydrogen-bond donors (Lipinski definition) is 0. The second kappa shape index (κ2) is 4.34. The van der Waals surface area contributed by atoms with Crippen LogP contribution >= 0.6 is 23.2 Å². The average Bonchev–Trinajstić information content (AvgIpc) is 2.90. The van der Waals surface area contributed by atoms with Gasteiger partial charge in [0.2, 0.25) is 0 Å². The van der Waals surface area contributed by atoms with Crippen LogP contribution in [0.1, 0.15) is 5.82 Å². The summed E-state index contributed by atoms with van der Waals surface area (Å²) in [4.78, 5) is 4.29. The SMILES string of the molecule is Cn1c(Cl)cnc1Cn1ccc2cccc(Cl)c21. The summed E-state index contributed by atoms with van der Waals surface area (Å²) in [5.74, 6) is 0.900. The Balaban J connectivity index is 2.08. The predicted molar refractivity (Wildman–Crippen MR) is 74.3 cm³/mol. The Labute approximate surface area is 115 Å². The molecule has 0 fully saturated rings. The fourth-order valence-electron chi connectivity index (χ4n) is 2.07. The van der Waals surface area contributed by atoms with Crippen molar-refractivity contribution in [3.63, 3.8) is 0 Å². The molecule has 3 aromatic rings. The first-order valence-electron chi connectivity index (χ1n) is 5.56. The first-order valence-corrected chi connectivity index (χ1v) is 6.32. The van der Waals surface area contributed by atoms with Crippen LogP contribution in [0, 0.1) is 0 Å². The first kappa shape index (κ1) is 11.6. The Morgan fingerprint density at radius 1 is 1.22 bits per heavy atom. The van der Waals surface area contributed by atoms with E-state index in [2.05, 4.69) is 9.55 Å². The number of halogens is 2. The van der Waals surface area contributed by atoms with Crippen molar-refractivity contribution < 1.29 is 0 Å². The molecule has 0 unspecified atom stereocenters. The van der Waals surface area contributed by atoms with E-state index in [-0.39, 0.29) is 0 Å². The minimum Gasteiger partial charge on any atom is -0.339 e. The van der Waals surface area contributed by atoms with Crippen LogP contribution in [0.15, 0.2) is 36.7 Å². The van der Waals surface area contributed by atoms with Crippen molar-refractivity contribution in [2.24, 2.45) is 7.05 Å². The molecule has 5 heteroatoms. The van der Waals surface area contributed by atoms with Gasteiger partial charge in [-0.3, -0.25) is 0 Å². The molecule has 0 radical (unpaired) electrons. The third-order valence-corrected chi connectivity index (χ3v) is 3.73. The van der Waals surface area contributed by atoms with E-state index in [9.17, 15) is 0 Å². The molecule has 0 spiro atoms. The van der Waals surface area contributed by atoms with Gasteiger partial charge in [0.25, 0.3) is 0 Å². The number of para-hydroxylation sites is 1. The quantitative estimate of drug-likeness (QED) is 0.701. The molecule has 3 rings (SSSR count). The molecule has 3 nitrogen and oxygen atoms in total. The highest BCUT2D eigenvalue weighted by atomic mass is 35.5. The van der Waals surface area contributed by atoms with Crippen molar-refractivity contribution in [2.75, 3.05) is 0 Å². The Hall–Kier alpha value is -1.45. The summed E-state index contributed by atoms with van der Waals surface area (Å²) in [6.07, 6.45) is 3.67. The van der Waals surface area contributed by atoms with E-state index < -0.39 is 0 Å². The number of hydrogen-bond acceptors (Lipinski definition) is 1. The van der Waals surface area contributed by atoms with Crippen LogP contribution in [0.3, 0.4) is 0 Å². The lowest BCUT2D eigenvalue weighted by Crippen LogP contribution is -2.05. The van der Waals surface area contributed by atoms with Gasteiger partial charge in [-0.2, -0.15) is 0 Å². The Morgan fingerprint density at radius 3 is 2.78 bits per heavy atom. The van der Waals surface area contributed by atoms with Crippen molar-refractivity contribution >= 4 is 34.1 Å². The molecule has 1 aromatic carbocycles. The molecular formula is C13H11Cl2N3. The molecule has 18 heavy (non-hydrogen) atoms. The first-order chi connectivity index (χ1) is 8.66. The molecule has 0 amide bonds. The zero-order chi connectivity index (χ0) is 12.7. The van der Waals surface area contributed by atoms with Gasteiger partial charge >= 0.3 is 0 Å². The number of benzene rings is 1. The molecule has 0 aliphatic rings. The van der Waals surface area contributed by atoms with Gasteiger partial charge in [-0.1, -0.05) is 35.3 Å². The minimum atomic E-state index is 0.632. The molecule has 0 saturated carbocycles. The molecule has 0 N–H and O–H groups in total. The fourth-order valence-corrected chi connectivity index (χ4v) is 2.51. The van der Waals surface area contributed by atoms with Crippen LogP contribution in [-0.4, -0.2) is 14.1 Å². The topological polar surface area (TPSA) is 22.8 Å². The number of aromatic nitrogens is 3. The summed E-state index contributed by atoms with van der Waals surface area (Å²) >= 11 is 12.2. The van der Waals surface area contributed by atoms with Crippen LogP contribution in [0.5, 0.6) is 0 Å². The molecular weight excluding hydrogens is 269 g/mol. The third kappa shape index (κ3) is 1.80. The maximum Gasteiger partial charge on any atom is 0.129 e. The average molecular weight is 280 g/mol. The van der Waals surface area contributed by atoms with Gasteiger partial charge in [-0.15, -0.1) is 0 Å². The molecule has 92 valence electrons. The third-order valence-electron chi connectivity index (χ3n) is 3.08. The number of nitrogens with zero attached hydrogens (tertiary/aromatic N) is 3. The van der Waals surface area contributed by atoms with Crippen LogP contribution < -0.4 is 0 Å². The van der Waals surface area contributed by atoms with Crippen molar-refractivity contribution in [2.45, 2.75) is 6.54 Å². The van der Waals surface area contributed by atoms with Crippen molar-refractivity contribution in [1.82, 2.24) is 14.1 Å². The molecule has 0 atom stereocenters. The van der Waals surface area contributed by atoms with Crippen molar-refractivity contribution in [1.29, 1.82) is 0 Å². The summed E-state index contributed by atoms with van der Waals surface area (Å²) < 4.78 is 3.95. The van der Waals surface area contributed by atoms with Crippen LogP contribution in [0.2, 0.25) is 10.2 Å². The molecule has 0 aliphatic heterocycles. The van der Waals surface area contributed by atoms with Crippen LogP contribution in [0.25, 0.3) is 10.9 Å². The summed E-state index contributed by atoms with van der Waals surface area (Å²) in [5.41, 5.74) is 1.03. The molecule has 2 aromatic heterocycles. The van der Waals surface area contributed by atoms with Gasteiger partial charge in [0.15, 0.2) is 0 Å². The largest absolute Gasteiger partial charge is 0.339 e. The van der Waals surface area contributed by atoms with E-state index in [0.29, 0.717) is 11.7 Å². The van der Waals surface area contributed by atoms with E-state index in [4.69, 9.17) is 23.2 Å². The summed E-state index contributed by atoms with van der Waals surface area (Å²) in [7, 11) is 1.90. The van der Waals surface area contributed by atoms with Gasteiger partial charge in [0.05, 0.1) is 23.3 Å². The number of imidazole rings is 1. The highest BCUT2D eigenvalue weighted by molar-refractivity contribution is 6.35. The van der Waals surface area contributed by atoms with E-state index in [1.54, 1.807) is 6.20 Å². The normalized spacial score (nSPS) is 11.3. The zero-order valence-electron chi connectivity index (χ0n) is 9.77. The lowest BCUT2D eigenvalue weighted by Gasteiger charge is -2.07. The molecule has 0 saturated heterocycles. The number of rotatable bonds is 2. The lowest BCUT2D eigenvalue weighted by atomic mass is 10.2. The van der Waals surface area contributed by atoms with Gasteiger partial charge in [0.1, 0.15) is 11.0 Å². The summed E-state index contributed by atoms with van der Waals surface area (Å²) in [6, 6.07) is 7.94. The van der Waals surface area contributed by atoms with E-state index in [1.807, 2.05) is 42.1 Å². The summed E-state index contributed by atoms with van der Waals surface area (Å²) in [6.45, 7) is 0.649. The van der Waals surface area contributed by atoms with Crippen LogP contribution in [0.4, 0.5) is 0 Å². The van der Waals surface area contributed by atoms with E-state index in [1.165, 1.54) is 0 Å². The Bertz CT molecular complexity index is 712. The highest BCUT2D eigenvalue weighted by Crippen LogP contribution is 2.25. The van der Waals surface area contributed by atoms with Crippen LogP contribution in [-0.2, 0) is 13.6 Å². The zero-order valence-corrected chi connectivity index (χ0v) is 11.3. The summed E-state index contributed by atoms with van der Waals surface area (Å²) in [5, 5.41) is 2.51. The van der Waals surface area contributed by atoms with Crippen molar-refractivity contribution in [3.05, 3.63) is 52.7 Å². The number of fused-ring (bicyclic) bond motifs is 1. The Kier molecular flexibility index (Phi) is 2.80.